The molecule has 162 valence electrons. The maximum absolute atomic E-state index is 12.6. The van der Waals surface area contributed by atoms with Crippen LogP contribution in [-0.2, 0) is 14.6 Å². The van der Waals surface area contributed by atoms with Gasteiger partial charge in [0.05, 0.1) is 11.4 Å². The van der Waals surface area contributed by atoms with E-state index < -0.39 is 9.84 Å². The maximum atomic E-state index is 12.6. The Morgan fingerprint density at radius 3 is 2.27 bits per heavy atom. The van der Waals surface area contributed by atoms with Crippen LogP contribution >= 0.6 is 0 Å². The third-order valence-electron chi connectivity index (χ3n) is 5.97. The summed E-state index contributed by atoms with van der Waals surface area (Å²) in [6.07, 6.45) is 8.07. The van der Waals surface area contributed by atoms with Crippen molar-refractivity contribution in [3.8, 4) is 11.3 Å². The molecular weight excluding hydrogens is 398 g/mol. The molecule has 1 aliphatic carbocycles. The highest BCUT2D eigenvalue weighted by Crippen LogP contribution is 2.32. The van der Waals surface area contributed by atoms with Gasteiger partial charge in [0.1, 0.15) is 0 Å². The Bertz CT molecular complexity index is 933. The molecule has 0 aliphatic heterocycles. The topological polar surface area (TPSA) is 89.0 Å². The molecule has 1 amide bonds. The van der Waals surface area contributed by atoms with Crippen LogP contribution in [0.15, 0.2) is 41.4 Å². The molecule has 0 bridgehead atoms. The van der Waals surface area contributed by atoms with Crippen LogP contribution in [-0.4, -0.2) is 30.3 Å². The summed E-state index contributed by atoms with van der Waals surface area (Å²) in [5, 5.41) is 10.9. The highest BCUT2D eigenvalue weighted by atomic mass is 32.2. The SMILES string of the molecule is CCCCC1CCC(C(=O)Nc2ccc(-c3ccc(S(=O)(=O)CC)nn3)cc2)CC1. The van der Waals surface area contributed by atoms with Crippen LogP contribution < -0.4 is 5.32 Å². The molecule has 0 spiro atoms. The van der Waals surface area contributed by atoms with E-state index in [0.29, 0.717) is 5.69 Å². The molecule has 7 heteroatoms. The first-order valence-electron chi connectivity index (χ1n) is 10.9. The van der Waals surface area contributed by atoms with Crippen molar-refractivity contribution in [3.63, 3.8) is 0 Å². The molecule has 1 N–H and O–H groups in total. The molecule has 1 saturated carbocycles. The smallest absolute Gasteiger partial charge is 0.227 e. The van der Waals surface area contributed by atoms with Crippen LogP contribution in [0.25, 0.3) is 11.3 Å². The summed E-state index contributed by atoms with van der Waals surface area (Å²) in [4.78, 5) is 12.6. The number of aromatic nitrogens is 2. The minimum atomic E-state index is -3.36. The standard InChI is InChI=1S/C23H31N3O3S/c1-3-5-6-17-7-9-19(10-8-17)23(27)24-20-13-11-18(12-14-20)21-15-16-22(26-25-21)30(28,29)4-2/h11-17,19H,3-10H2,1-2H3,(H,24,27). The first-order valence-corrected chi connectivity index (χ1v) is 12.6. The molecule has 1 heterocycles. The Hall–Kier alpha value is -2.28. The fraction of sp³-hybridized carbons (Fsp3) is 0.522. The lowest BCUT2D eigenvalue weighted by Crippen LogP contribution is -2.27. The molecule has 0 atom stereocenters. The predicted octanol–water partition coefficient (Wildman–Crippen LogP) is 4.87. The van der Waals surface area contributed by atoms with Gasteiger partial charge in [0.2, 0.25) is 5.91 Å². The number of benzene rings is 1. The summed E-state index contributed by atoms with van der Waals surface area (Å²) < 4.78 is 23.7. The maximum Gasteiger partial charge on any atom is 0.227 e. The van der Waals surface area contributed by atoms with Crippen molar-refractivity contribution in [2.24, 2.45) is 11.8 Å². The van der Waals surface area contributed by atoms with Crippen molar-refractivity contribution in [3.05, 3.63) is 36.4 Å². The number of unbranched alkanes of at least 4 members (excludes halogenated alkanes) is 1. The van der Waals surface area contributed by atoms with Crippen molar-refractivity contribution in [2.45, 2.75) is 63.8 Å². The summed E-state index contributed by atoms with van der Waals surface area (Å²) in [7, 11) is -3.36. The molecule has 2 aromatic rings. The molecule has 0 saturated heterocycles. The van der Waals surface area contributed by atoms with E-state index >= 15 is 0 Å². The second kappa shape index (κ2) is 10.2. The Balaban J connectivity index is 1.56. The molecule has 3 rings (SSSR count). The van der Waals surface area contributed by atoms with E-state index in [0.717, 1.165) is 42.9 Å². The van der Waals surface area contributed by atoms with Crippen LogP contribution in [0.5, 0.6) is 0 Å². The number of carbonyl (C=O) groups excluding carboxylic acids is 1. The average Bonchev–Trinajstić information content (AvgIpc) is 2.78. The first kappa shape index (κ1) is 22.4. The average molecular weight is 430 g/mol. The van der Waals surface area contributed by atoms with Gasteiger partial charge in [0, 0.05) is 17.2 Å². The summed E-state index contributed by atoms with van der Waals surface area (Å²) in [5.41, 5.74) is 2.17. The van der Waals surface area contributed by atoms with Gasteiger partial charge in [0.25, 0.3) is 0 Å². The monoisotopic (exact) mass is 429 g/mol. The quantitative estimate of drug-likeness (QED) is 0.646. The lowest BCUT2D eigenvalue weighted by Gasteiger charge is -2.27. The van der Waals surface area contributed by atoms with Gasteiger partial charge in [-0.15, -0.1) is 10.2 Å². The van der Waals surface area contributed by atoms with E-state index in [4.69, 9.17) is 0 Å². The van der Waals surface area contributed by atoms with Gasteiger partial charge in [-0.1, -0.05) is 45.2 Å². The van der Waals surface area contributed by atoms with E-state index in [1.54, 1.807) is 13.0 Å². The third-order valence-corrected chi connectivity index (χ3v) is 7.59. The number of anilines is 1. The van der Waals surface area contributed by atoms with E-state index in [1.165, 1.54) is 25.3 Å². The van der Waals surface area contributed by atoms with Crippen LogP contribution in [0.1, 0.15) is 58.8 Å². The van der Waals surface area contributed by atoms with Crippen molar-refractivity contribution in [1.82, 2.24) is 10.2 Å². The van der Waals surface area contributed by atoms with E-state index in [9.17, 15) is 13.2 Å². The summed E-state index contributed by atoms with van der Waals surface area (Å²) in [6.45, 7) is 3.80. The number of nitrogens with zero attached hydrogens (tertiary/aromatic N) is 2. The van der Waals surface area contributed by atoms with Crippen molar-refractivity contribution in [2.75, 3.05) is 11.1 Å². The number of amides is 1. The van der Waals surface area contributed by atoms with E-state index in [2.05, 4.69) is 22.4 Å². The fourth-order valence-corrected chi connectivity index (χ4v) is 4.70. The minimum absolute atomic E-state index is 0.00415. The first-order chi connectivity index (χ1) is 14.4. The van der Waals surface area contributed by atoms with Crippen molar-refractivity contribution >= 4 is 21.4 Å². The molecule has 6 nitrogen and oxygen atoms in total. The van der Waals surface area contributed by atoms with Gasteiger partial charge < -0.3 is 5.32 Å². The minimum Gasteiger partial charge on any atom is -0.326 e. The second-order valence-corrected chi connectivity index (χ2v) is 10.3. The molecule has 1 aliphatic rings. The molecule has 1 aromatic heterocycles. The highest BCUT2D eigenvalue weighted by Gasteiger charge is 2.26. The van der Waals surface area contributed by atoms with Gasteiger partial charge in [-0.25, -0.2) is 8.42 Å². The lowest BCUT2D eigenvalue weighted by atomic mass is 9.79. The summed E-state index contributed by atoms with van der Waals surface area (Å²) in [6, 6.07) is 10.5. The molecule has 1 aromatic carbocycles. The number of nitrogens with one attached hydrogen (secondary N) is 1. The van der Waals surface area contributed by atoms with Gasteiger partial charge in [-0.3, -0.25) is 4.79 Å². The fourth-order valence-electron chi connectivity index (χ4n) is 3.96. The largest absolute Gasteiger partial charge is 0.326 e. The second-order valence-electron chi connectivity index (χ2n) is 8.09. The Morgan fingerprint density at radius 1 is 1.00 bits per heavy atom. The Labute approximate surface area is 179 Å². The Kier molecular flexibility index (Phi) is 7.58. The predicted molar refractivity (Wildman–Crippen MR) is 119 cm³/mol. The molecule has 0 unspecified atom stereocenters. The third kappa shape index (κ3) is 5.65. The van der Waals surface area contributed by atoms with Crippen molar-refractivity contribution < 1.29 is 13.2 Å². The number of hydrogen-bond acceptors (Lipinski definition) is 5. The summed E-state index contributed by atoms with van der Waals surface area (Å²) >= 11 is 0. The van der Waals surface area contributed by atoms with E-state index in [1.807, 2.05) is 24.3 Å². The van der Waals surface area contributed by atoms with Crippen LogP contribution in [0.3, 0.4) is 0 Å². The van der Waals surface area contributed by atoms with Crippen molar-refractivity contribution in [1.29, 1.82) is 0 Å². The van der Waals surface area contributed by atoms with Gasteiger partial charge in [-0.05, 0) is 55.9 Å². The van der Waals surface area contributed by atoms with Gasteiger partial charge >= 0.3 is 0 Å². The lowest BCUT2D eigenvalue weighted by molar-refractivity contribution is -0.121. The van der Waals surface area contributed by atoms with Crippen LogP contribution in [0, 0.1) is 11.8 Å². The Morgan fingerprint density at radius 2 is 1.70 bits per heavy atom. The number of carbonyl (C=O) groups is 1. The van der Waals surface area contributed by atoms with E-state index in [-0.39, 0.29) is 22.6 Å². The number of hydrogen-bond donors (Lipinski definition) is 1. The van der Waals surface area contributed by atoms with Crippen LogP contribution in [0.2, 0.25) is 0 Å². The molecule has 0 radical (unpaired) electrons. The zero-order chi connectivity index (χ0) is 21.6. The number of rotatable bonds is 8. The highest BCUT2D eigenvalue weighted by molar-refractivity contribution is 7.91. The van der Waals surface area contributed by atoms with Gasteiger partial charge in [0.15, 0.2) is 14.9 Å². The molecule has 30 heavy (non-hydrogen) atoms. The van der Waals surface area contributed by atoms with Crippen LogP contribution in [0.4, 0.5) is 5.69 Å². The number of sulfone groups is 1. The normalized spacial score (nSPS) is 19.4. The van der Waals surface area contributed by atoms with Gasteiger partial charge in [-0.2, -0.15) is 0 Å². The zero-order valence-electron chi connectivity index (χ0n) is 17.8. The summed E-state index contributed by atoms with van der Waals surface area (Å²) in [5.74, 6) is 0.982. The zero-order valence-corrected chi connectivity index (χ0v) is 18.6. The molecular formula is C23H31N3O3S. The molecule has 1 fully saturated rings.